The molecular formula is C18H25N3. The first-order chi connectivity index (χ1) is 10.3. The van der Waals surface area contributed by atoms with E-state index in [2.05, 4.69) is 34.6 Å². The number of para-hydroxylation sites is 1. The first-order valence-corrected chi connectivity index (χ1v) is 8.42. The zero-order chi connectivity index (χ0) is 14.2. The average Bonchev–Trinajstić information content (AvgIpc) is 2.89. The van der Waals surface area contributed by atoms with Gasteiger partial charge in [-0.25, -0.2) is 0 Å². The van der Waals surface area contributed by atoms with Crippen molar-refractivity contribution < 1.29 is 0 Å². The van der Waals surface area contributed by atoms with Crippen LogP contribution in [0.4, 0.5) is 0 Å². The van der Waals surface area contributed by atoms with Crippen LogP contribution in [0.3, 0.4) is 0 Å². The van der Waals surface area contributed by atoms with Crippen molar-refractivity contribution in [2.24, 2.45) is 5.73 Å². The van der Waals surface area contributed by atoms with Gasteiger partial charge in [0.15, 0.2) is 0 Å². The van der Waals surface area contributed by atoms with Crippen LogP contribution in [0.25, 0.3) is 10.9 Å². The van der Waals surface area contributed by atoms with Crippen LogP contribution in [0.5, 0.6) is 0 Å². The highest BCUT2D eigenvalue weighted by Crippen LogP contribution is 2.35. The summed E-state index contributed by atoms with van der Waals surface area (Å²) in [4.78, 5) is 3.68. The van der Waals surface area contributed by atoms with Gasteiger partial charge in [0.05, 0.1) is 0 Å². The standard InChI is InChI=1S/C18H25N3/c19-12-8-10-13(11-9-12)20-17-7-3-5-15-14-4-1-2-6-16(14)21-18(15)17/h1-2,4,6,12-13,17,20-21H,3,5,7-11,19H2. The Balaban J connectivity index is 1.58. The highest BCUT2D eigenvalue weighted by Gasteiger charge is 2.27. The van der Waals surface area contributed by atoms with Crippen LogP contribution >= 0.6 is 0 Å². The van der Waals surface area contributed by atoms with Crippen molar-refractivity contribution in [2.45, 2.75) is 63.1 Å². The van der Waals surface area contributed by atoms with E-state index >= 15 is 0 Å². The topological polar surface area (TPSA) is 53.8 Å². The molecule has 1 fully saturated rings. The lowest BCUT2D eigenvalue weighted by molar-refractivity contribution is 0.300. The number of nitrogens with two attached hydrogens (primary N) is 1. The summed E-state index contributed by atoms with van der Waals surface area (Å²) in [5.41, 5.74) is 10.3. The van der Waals surface area contributed by atoms with Crippen LogP contribution in [0.15, 0.2) is 24.3 Å². The molecule has 3 nitrogen and oxygen atoms in total. The van der Waals surface area contributed by atoms with E-state index in [1.165, 1.54) is 61.5 Å². The quantitative estimate of drug-likeness (QED) is 0.791. The molecule has 1 aromatic carbocycles. The molecule has 1 saturated carbocycles. The minimum atomic E-state index is 0.429. The van der Waals surface area contributed by atoms with E-state index in [0.717, 1.165) is 0 Å². The normalized spacial score (nSPS) is 29.5. The second-order valence-corrected chi connectivity index (χ2v) is 6.79. The molecular weight excluding hydrogens is 258 g/mol. The van der Waals surface area contributed by atoms with E-state index in [4.69, 9.17) is 5.73 Å². The van der Waals surface area contributed by atoms with E-state index in [9.17, 15) is 0 Å². The third-order valence-corrected chi connectivity index (χ3v) is 5.32. The summed E-state index contributed by atoms with van der Waals surface area (Å²) in [5, 5.41) is 5.33. The number of aryl methyl sites for hydroxylation is 1. The summed E-state index contributed by atoms with van der Waals surface area (Å²) in [6, 6.07) is 10.3. The van der Waals surface area contributed by atoms with Crippen molar-refractivity contribution in [3.63, 3.8) is 0 Å². The Morgan fingerprint density at radius 2 is 1.86 bits per heavy atom. The van der Waals surface area contributed by atoms with Gasteiger partial charge in [-0.05, 0) is 56.6 Å². The van der Waals surface area contributed by atoms with Gasteiger partial charge in [-0.3, -0.25) is 0 Å². The number of hydrogen-bond acceptors (Lipinski definition) is 2. The Morgan fingerprint density at radius 1 is 1.05 bits per heavy atom. The molecule has 1 aromatic heterocycles. The maximum atomic E-state index is 6.02. The molecule has 1 unspecified atom stereocenters. The fourth-order valence-corrected chi connectivity index (χ4v) is 4.15. The fourth-order valence-electron chi connectivity index (χ4n) is 4.15. The van der Waals surface area contributed by atoms with Crippen LogP contribution in [0, 0.1) is 0 Å². The van der Waals surface area contributed by atoms with E-state index < -0.39 is 0 Å². The average molecular weight is 283 g/mol. The van der Waals surface area contributed by atoms with Crippen LogP contribution in [0.2, 0.25) is 0 Å². The number of fused-ring (bicyclic) bond motifs is 3. The predicted molar refractivity (Wildman–Crippen MR) is 87.3 cm³/mol. The minimum Gasteiger partial charge on any atom is -0.357 e. The van der Waals surface area contributed by atoms with E-state index in [1.807, 2.05) is 0 Å². The van der Waals surface area contributed by atoms with Gasteiger partial charge >= 0.3 is 0 Å². The molecule has 0 spiro atoms. The Morgan fingerprint density at radius 3 is 2.71 bits per heavy atom. The summed E-state index contributed by atoms with van der Waals surface area (Å²) in [5.74, 6) is 0. The zero-order valence-corrected chi connectivity index (χ0v) is 12.6. The zero-order valence-electron chi connectivity index (χ0n) is 12.6. The van der Waals surface area contributed by atoms with E-state index in [-0.39, 0.29) is 0 Å². The first-order valence-electron chi connectivity index (χ1n) is 8.42. The lowest BCUT2D eigenvalue weighted by atomic mass is 9.88. The van der Waals surface area contributed by atoms with Crippen molar-refractivity contribution in [3.8, 4) is 0 Å². The third-order valence-electron chi connectivity index (χ3n) is 5.32. The summed E-state index contributed by atoms with van der Waals surface area (Å²) in [7, 11) is 0. The molecule has 21 heavy (non-hydrogen) atoms. The lowest BCUT2D eigenvalue weighted by Crippen LogP contribution is -2.40. The minimum absolute atomic E-state index is 0.429. The van der Waals surface area contributed by atoms with Crippen LogP contribution in [0.1, 0.15) is 55.8 Å². The predicted octanol–water partition coefficient (Wildman–Crippen LogP) is 3.40. The van der Waals surface area contributed by atoms with Gasteiger partial charge in [0.1, 0.15) is 0 Å². The third kappa shape index (κ3) is 2.49. The van der Waals surface area contributed by atoms with Gasteiger partial charge in [-0.2, -0.15) is 0 Å². The van der Waals surface area contributed by atoms with E-state index in [1.54, 1.807) is 5.56 Å². The van der Waals surface area contributed by atoms with Gasteiger partial charge in [-0.1, -0.05) is 18.2 Å². The summed E-state index contributed by atoms with van der Waals surface area (Å²) < 4.78 is 0. The van der Waals surface area contributed by atoms with Crippen molar-refractivity contribution in [3.05, 3.63) is 35.5 Å². The molecule has 3 heteroatoms. The highest BCUT2D eigenvalue weighted by molar-refractivity contribution is 5.85. The molecule has 0 saturated heterocycles. The summed E-state index contributed by atoms with van der Waals surface area (Å²) in [6.07, 6.45) is 8.56. The largest absolute Gasteiger partial charge is 0.357 e. The number of H-pyrrole nitrogens is 1. The number of aromatic amines is 1. The van der Waals surface area contributed by atoms with Gasteiger partial charge in [-0.15, -0.1) is 0 Å². The molecule has 112 valence electrons. The summed E-state index contributed by atoms with van der Waals surface area (Å²) >= 11 is 0. The molecule has 0 amide bonds. The highest BCUT2D eigenvalue weighted by atomic mass is 15.0. The van der Waals surface area contributed by atoms with Crippen molar-refractivity contribution in [1.29, 1.82) is 0 Å². The van der Waals surface area contributed by atoms with Gasteiger partial charge in [0.25, 0.3) is 0 Å². The van der Waals surface area contributed by atoms with Crippen LogP contribution in [-0.4, -0.2) is 17.1 Å². The Kier molecular flexibility index (Phi) is 3.48. The summed E-state index contributed by atoms with van der Waals surface area (Å²) in [6.45, 7) is 0. The molecule has 4 rings (SSSR count). The molecule has 0 bridgehead atoms. The fraction of sp³-hybridized carbons (Fsp3) is 0.556. The van der Waals surface area contributed by atoms with Gasteiger partial charge < -0.3 is 16.0 Å². The number of nitrogens with one attached hydrogen (secondary N) is 2. The molecule has 2 aromatic rings. The molecule has 4 N–H and O–H groups in total. The van der Waals surface area contributed by atoms with Crippen molar-refractivity contribution >= 4 is 10.9 Å². The van der Waals surface area contributed by atoms with Gasteiger partial charge in [0, 0.05) is 34.7 Å². The number of hydrogen-bond donors (Lipinski definition) is 3. The molecule has 1 heterocycles. The second-order valence-electron chi connectivity index (χ2n) is 6.79. The Hall–Kier alpha value is -1.32. The molecule has 1 atom stereocenters. The smallest absolute Gasteiger partial charge is 0.0478 e. The molecule has 2 aliphatic carbocycles. The van der Waals surface area contributed by atoms with Crippen molar-refractivity contribution in [1.82, 2.24) is 10.3 Å². The van der Waals surface area contributed by atoms with Crippen LogP contribution < -0.4 is 11.1 Å². The monoisotopic (exact) mass is 283 g/mol. The maximum Gasteiger partial charge on any atom is 0.0478 e. The molecule has 0 radical (unpaired) electrons. The Bertz CT molecular complexity index is 622. The number of benzene rings is 1. The number of aromatic nitrogens is 1. The SMILES string of the molecule is NC1CCC(NC2CCCc3c2[nH]c2ccccc32)CC1. The maximum absolute atomic E-state index is 6.02. The lowest BCUT2D eigenvalue weighted by Gasteiger charge is -2.32. The van der Waals surface area contributed by atoms with E-state index in [0.29, 0.717) is 18.1 Å². The first kappa shape index (κ1) is 13.4. The van der Waals surface area contributed by atoms with Crippen molar-refractivity contribution in [2.75, 3.05) is 0 Å². The molecule has 0 aliphatic heterocycles. The van der Waals surface area contributed by atoms with Gasteiger partial charge in [0.2, 0.25) is 0 Å². The molecule has 2 aliphatic rings. The Labute approximate surface area is 126 Å². The van der Waals surface area contributed by atoms with Crippen LogP contribution in [-0.2, 0) is 6.42 Å². The second kappa shape index (κ2) is 5.47. The number of rotatable bonds is 2.